The molecule has 4 atom stereocenters. The summed E-state index contributed by atoms with van der Waals surface area (Å²) in [7, 11) is -3.39. The van der Waals surface area contributed by atoms with Gasteiger partial charge in [0.15, 0.2) is 0 Å². The lowest BCUT2D eigenvalue weighted by molar-refractivity contribution is 0.245. The molecule has 0 N–H and O–H groups in total. The van der Waals surface area contributed by atoms with Crippen LogP contribution in [-0.2, 0) is 10.0 Å². The van der Waals surface area contributed by atoms with Gasteiger partial charge in [-0.1, -0.05) is 23.8 Å². The highest BCUT2D eigenvalue weighted by Crippen LogP contribution is 2.50. The van der Waals surface area contributed by atoms with Crippen molar-refractivity contribution in [2.24, 2.45) is 17.8 Å². The fraction of sp³-hybridized carbons (Fsp3) is 0.471. The fourth-order valence-electron chi connectivity index (χ4n) is 4.44. The number of halogens is 1. The largest absolute Gasteiger partial charge is 0.269 e. The van der Waals surface area contributed by atoms with Gasteiger partial charge < -0.3 is 0 Å². The molecule has 0 amide bonds. The molecule has 2 fully saturated rings. The maximum absolute atomic E-state index is 13.1. The lowest BCUT2D eigenvalue weighted by atomic mass is 9.69. The number of hydrogen-bond acceptors (Lipinski definition) is 3. The lowest BCUT2D eigenvalue weighted by Gasteiger charge is -2.39. The molecule has 6 heteroatoms. The maximum Gasteiger partial charge on any atom is 0.239 e. The molecule has 0 radical (unpaired) electrons. The molecule has 0 spiro atoms. The topological polar surface area (TPSA) is 61.2 Å². The third kappa shape index (κ3) is 1.98. The van der Waals surface area contributed by atoms with Gasteiger partial charge in [0, 0.05) is 12.5 Å². The van der Waals surface area contributed by atoms with Crippen molar-refractivity contribution in [3.8, 4) is 6.07 Å². The second-order valence-corrected chi connectivity index (χ2v) is 9.07. The van der Waals surface area contributed by atoms with Crippen molar-refractivity contribution in [1.29, 1.82) is 5.26 Å². The normalized spacial score (nSPS) is 33.5. The minimum absolute atomic E-state index is 0.133. The van der Waals surface area contributed by atoms with Crippen molar-refractivity contribution in [2.45, 2.75) is 25.0 Å². The summed E-state index contributed by atoms with van der Waals surface area (Å²) >= 11 is 6.24. The van der Waals surface area contributed by atoms with Crippen LogP contribution < -0.4 is 4.31 Å². The molecule has 2 unspecified atom stereocenters. The van der Waals surface area contributed by atoms with E-state index in [4.69, 9.17) is 16.9 Å². The molecule has 23 heavy (non-hydrogen) atoms. The fourth-order valence-corrected chi connectivity index (χ4v) is 7.19. The molecular weight excluding hydrogens is 332 g/mol. The second-order valence-electron chi connectivity index (χ2n) is 6.68. The van der Waals surface area contributed by atoms with Gasteiger partial charge in [0.25, 0.3) is 0 Å². The first-order chi connectivity index (χ1) is 10.9. The van der Waals surface area contributed by atoms with E-state index in [1.165, 1.54) is 4.31 Å². The predicted octanol–water partition coefficient (Wildman–Crippen LogP) is 3.25. The van der Waals surface area contributed by atoms with Gasteiger partial charge >= 0.3 is 0 Å². The summed E-state index contributed by atoms with van der Waals surface area (Å²) in [6.45, 7) is 2.30. The molecule has 1 saturated carbocycles. The first kappa shape index (κ1) is 15.0. The van der Waals surface area contributed by atoms with Gasteiger partial charge in [-0.05, 0) is 49.3 Å². The zero-order chi connectivity index (χ0) is 16.4. The third-order valence-electron chi connectivity index (χ3n) is 5.61. The van der Waals surface area contributed by atoms with Crippen LogP contribution in [-0.4, -0.2) is 20.2 Å². The molecule has 3 aliphatic carbocycles. The number of allylic oxidation sites excluding steroid dienone is 2. The Bertz CT molecular complexity index is 856. The number of benzene rings is 1. The number of anilines is 1. The highest BCUT2D eigenvalue weighted by atomic mass is 35.5. The van der Waals surface area contributed by atoms with Gasteiger partial charge in [0.2, 0.25) is 10.0 Å². The maximum atomic E-state index is 13.1. The van der Waals surface area contributed by atoms with Gasteiger partial charge in [-0.15, -0.1) is 0 Å². The SMILES string of the molecule is Cc1c(N2C[C@H]3C4C=CC(CC4)[C@H]3S2(=O)=O)ccc(C#N)c1Cl. The number of fused-ring (bicyclic) bond motifs is 1. The predicted molar refractivity (Wildman–Crippen MR) is 89.8 cm³/mol. The molecule has 0 aromatic heterocycles. The van der Waals surface area contributed by atoms with Crippen LogP contribution >= 0.6 is 11.6 Å². The van der Waals surface area contributed by atoms with E-state index in [0.29, 0.717) is 34.3 Å². The first-order valence-corrected chi connectivity index (χ1v) is 9.72. The van der Waals surface area contributed by atoms with Crippen LogP contribution in [0.15, 0.2) is 24.3 Å². The van der Waals surface area contributed by atoms with Crippen LogP contribution in [0.3, 0.4) is 0 Å². The van der Waals surface area contributed by atoms with Gasteiger partial charge in [-0.3, -0.25) is 4.31 Å². The van der Waals surface area contributed by atoms with E-state index in [-0.39, 0.29) is 17.1 Å². The van der Waals surface area contributed by atoms with E-state index in [2.05, 4.69) is 12.2 Å². The Morgan fingerprint density at radius 1 is 1.26 bits per heavy atom. The third-order valence-corrected chi connectivity index (χ3v) is 8.44. The van der Waals surface area contributed by atoms with Crippen molar-refractivity contribution in [3.05, 3.63) is 40.4 Å². The van der Waals surface area contributed by atoms with Crippen LogP contribution in [0.25, 0.3) is 0 Å². The molecule has 1 aromatic rings. The van der Waals surface area contributed by atoms with Gasteiger partial charge in [-0.2, -0.15) is 5.26 Å². The first-order valence-electron chi connectivity index (χ1n) is 7.84. The molecule has 1 aliphatic heterocycles. The van der Waals surface area contributed by atoms with E-state index >= 15 is 0 Å². The van der Waals surface area contributed by atoms with Crippen LogP contribution in [0.2, 0.25) is 5.02 Å². The summed E-state index contributed by atoms with van der Waals surface area (Å²) in [6.07, 6.45) is 6.34. The Morgan fingerprint density at radius 2 is 1.96 bits per heavy atom. The van der Waals surface area contributed by atoms with Crippen LogP contribution in [0, 0.1) is 36.0 Å². The summed E-state index contributed by atoms with van der Waals surface area (Å²) in [6, 6.07) is 5.36. The minimum Gasteiger partial charge on any atom is -0.269 e. The van der Waals surface area contributed by atoms with Crippen LogP contribution in [0.1, 0.15) is 24.0 Å². The molecule has 2 bridgehead atoms. The molecule has 4 aliphatic rings. The van der Waals surface area contributed by atoms with E-state index < -0.39 is 10.0 Å². The molecule has 5 rings (SSSR count). The monoisotopic (exact) mass is 348 g/mol. The van der Waals surface area contributed by atoms with Gasteiger partial charge in [0.1, 0.15) is 6.07 Å². The molecule has 4 nitrogen and oxygen atoms in total. The van der Waals surface area contributed by atoms with E-state index in [9.17, 15) is 8.42 Å². The standard InChI is InChI=1S/C17H17ClN2O2S/c1-10-15(7-6-13(8-19)16(10)18)20-9-14-11-2-4-12(5-3-11)17(14)23(20,21)22/h2,4,6-7,11-12,14,17H,3,5,9H2,1H3/t11?,12?,14-,17+/m0/s1. The quantitative estimate of drug-likeness (QED) is 0.732. The number of nitrogens with zero attached hydrogens (tertiary/aromatic N) is 2. The Balaban J connectivity index is 1.81. The van der Waals surface area contributed by atoms with Crippen molar-refractivity contribution in [2.75, 3.05) is 10.8 Å². The molecule has 1 heterocycles. The summed E-state index contributed by atoms with van der Waals surface area (Å²) < 4.78 is 27.8. The summed E-state index contributed by atoms with van der Waals surface area (Å²) in [5.41, 5.74) is 1.65. The highest BCUT2D eigenvalue weighted by molar-refractivity contribution is 7.93. The molecule has 1 aromatic carbocycles. The summed E-state index contributed by atoms with van der Waals surface area (Å²) in [5.74, 6) is 0.658. The van der Waals surface area contributed by atoms with Crippen molar-refractivity contribution >= 4 is 27.3 Å². The van der Waals surface area contributed by atoms with E-state index in [0.717, 1.165) is 12.8 Å². The molecular formula is C17H17ClN2O2S. The average Bonchev–Trinajstić information content (AvgIpc) is 2.85. The zero-order valence-corrected chi connectivity index (χ0v) is 14.3. The highest BCUT2D eigenvalue weighted by Gasteiger charge is 2.55. The van der Waals surface area contributed by atoms with Crippen LogP contribution in [0.5, 0.6) is 0 Å². The number of sulfonamides is 1. The number of hydrogen-bond donors (Lipinski definition) is 0. The summed E-state index contributed by atoms with van der Waals surface area (Å²) in [5, 5.41) is 9.11. The molecule has 120 valence electrons. The number of rotatable bonds is 1. The Morgan fingerprint density at radius 3 is 2.57 bits per heavy atom. The lowest BCUT2D eigenvalue weighted by Crippen LogP contribution is -2.42. The Labute approximate surface area is 141 Å². The second kappa shape index (κ2) is 4.99. The zero-order valence-electron chi connectivity index (χ0n) is 12.7. The van der Waals surface area contributed by atoms with E-state index in [1.807, 2.05) is 6.07 Å². The van der Waals surface area contributed by atoms with Gasteiger partial charge in [0.05, 0.1) is 21.5 Å². The van der Waals surface area contributed by atoms with Gasteiger partial charge in [-0.25, -0.2) is 8.42 Å². The number of nitriles is 1. The van der Waals surface area contributed by atoms with Crippen LogP contribution in [0.4, 0.5) is 5.69 Å². The minimum atomic E-state index is -3.39. The van der Waals surface area contributed by atoms with Crippen molar-refractivity contribution in [3.63, 3.8) is 0 Å². The van der Waals surface area contributed by atoms with Crippen molar-refractivity contribution < 1.29 is 8.42 Å². The smallest absolute Gasteiger partial charge is 0.239 e. The Hall–Kier alpha value is -1.51. The summed E-state index contributed by atoms with van der Waals surface area (Å²) in [4.78, 5) is 0. The molecule has 1 saturated heterocycles. The average molecular weight is 349 g/mol. The van der Waals surface area contributed by atoms with E-state index in [1.54, 1.807) is 19.1 Å². The Kier molecular flexibility index (Phi) is 3.26. The van der Waals surface area contributed by atoms with Crippen molar-refractivity contribution in [1.82, 2.24) is 0 Å².